The normalized spacial score (nSPS) is 20.4. The van der Waals surface area contributed by atoms with Crippen LogP contribution in [0.5, 0.6) is 0 Å². The molecule has 2 nitrogen and oxygen atoms in total. The molecule has 0 bridgehead atoms. The molecule has 0 spiro atoms. The van der Waals surface area contributed by atoms with Gasteiger partial charge in [-0.15, -0.1) is 0 Å². The maximum Gasteiger partial charge on any atom is 0.257 e. The molecule has 0 heterocycles. The van der Waals surface area contributed by atoms with Crippen molar-refractivity contribution >= 4 is 29.1 Å². The molecule has 0 unspecified atom stereocenters. The molecular weight excluding hydrogens is 329 g/mol. The highest BCUT2D eigenvalue weighted by Crippen LogP contribution is 2.34. The second-order valence-corrected chi connectivity index (χ2v) is 7.71. The lowest BCUT2D eigenvalue weighted by Gasteiger charge is -2.42. The summed E-state index contributed by atoms with van der Waals surface area (Å²) < 4.78 is 0. The summed E-state index contributed by atoms with van der Waals surface area (Å²) in [5.74, 6) is 0.0411. The maximum atomic E-state index is 13.3. The molecule has 126 valence electrons. The second-order valence-electron chi connectivity index (χ2n) is 6.89. The molecule has 1 amide bonds. The highest BCUT2D eigenvalue weighted by Gasteiger charge is 2.34. The number of nitrogens with zero attached hydrogens (tertiary/aromatic N) is 1. The van der Waals surface area contributed by atoms with Crippen LogP contribution in [0.25, 0.3) is 0 Å². The van der Waals surface area contributed by atoms with Gasteiger partial charge in [-0.25, -0.2) is 0 Å². The Morgan fingerprint density at radius 1 is 0.826 bits per heavy atom. The quantitative estimate of drug-likeness (QED) is 0.642. The van der Waals surface area contributed by atoms with Crippen molar-refractivity contribution in [2.24, 2.45) is 0 Å². The molecule has 1 aromatic rings. The Morgan fingerprint density at radius 2 is 1.26 bits per heavy atom. The molecular formula is C19H25Cl2NO. The van der Waals surface area contributed by atoms with Crippen molar-refractivity contribution in [1.29, 1.82) is 0 Å². The largest absolute Gasteiger partial charge is 0.333 e. The molecule has 3 rings (SSSR count). The fraction of sp³-hybridized carbons (Fsp3) is 0.632. The van der Waals surface area contributed by atoms with E-state index in [-0.39, 0.29) is 5.91 Å². The molecule has 2 aliphatic carbocycles. The van der Waals surface area contributed by atoms with Crippen LogP contribution in [0.15, 0.2) is 18.2 Å². The van der Waals surface area contributed by atoms with Crippen molar-refractivity contribution in [3.8, 4) is 0 Å². The first-order valence-corrected chi connectivity index (χ1v) is 9.71. The monoisotopic (exact) mass is 353 g/mol. The lowest BCUT2D eigenvalue weighted by atomic mass is 9.88. The summed E-state index contributed by atoms with van der Waals surface area (Å²) in [6, 6.07) is 6.03. The van der Waals surface area contributed by atoms with Gasteiger partial charge < -0.3 is 4.90 Å². The van der Waals surface area contributed by atoms with E-state index in [9.17, 15) is 4.79 Å². The van der Waals surface area contributed by atoms with Gasteiger partial charge in [0.15, 0.2) is 0 Å². The lowest BCUT2D eigenvalue weighted by Crippen LogP contribution is -2.49. The summed E-state index contributed by atoms with van der Waals surface area (Å²) in [5.41, 5.74) is 0.493. The SMILES string of the molecule is O=C(c1c(Cl)cccc1Cl)N(C1CCCCC1)C1CCCCC1. The minimum absolute atomic E-state index is 0.0411. The predicted molar refractivity (Wildman–Crippen MR) is 96.4 cm³/mol. The van der Waals surface area contributed by atoms with Crippen molar-refractivity contribution in [3.63, 3.8) is 0 Å². The Morgan fingerprint density at radius 3 is 1.70 bits per heavy atom. The van der Waals surface area contributed by atoms with E-state index in [0.717, 1.165) is 25.7 Å². The number of hydrogen-bond donors (Lipinski definition) is 0. The first-order chi connectivity index (χ1) is 11.2. The summed E-state index contributed by atoms with van der Waals surface area (Å²) >= 11 is 12.6. The van der Waals surface area contributed by atoms with Crippen LogP contribution in [0.2, 0.25) is 10.0 Å². The molecule has 0 aromatic heterocycles. The van der Waals surface area contributed by atoms with E-state index in [1.165, 1.54) is 38.5 Å². The Balaban J connectivity index is 1.91. The molecule has 0 radical (unpaired) electrons. The molecule has 4 heteroatoms. The highest BCUT2D eigenvalue weighted by molar-refractivity contribution is 6.39. The van der Waals surface area contributed by atoms with Gasteiger partial charge >= 0.3 is 0 Å². The van der Waals surface area contributed by atoms with Crippen LogP contribution in [0.1, 0.15) is 74.6 Å². The lowest BCUT2D eigenvalue weighted by molar-refractivity contribution is 0.0449. The van der Waals surface area contributed by atoms with Gasteiger partial charge in [0, 0.05) is 12.1 Å². The summed E-state index contributed by atoms with van der Waals surface area (Å²) in [4.78, 5) is 15.5. The third kappa shape index (κ3) is 3.85. The number of benzene rings is 1. The van der Waals surface area contributed by atoms with Gasteiger partial charge in [0.25, 0.3) is 5.91 Å². The van der Waals surface area contributed by atoms with Crippen LogP contribution in [0.3, 0.4) is 0 Å². The van der Waals surface area contributed by atoms with Gasteiger partial charge in [-0.1, -0.05) is 67.8 Å². The summed E-state index contributed by atoms with van der Waals surface area (Å²) in [7, 11) is 0. The number of halogens is 2. The zero-order valence-electron chi connectivity index (χ0n) is 13.6. The van der Waals surface area contributed by atoms with Gasteiger partial charge in [-0.3, -0.25) is 4.79 Å². The standard InChI is InChI=1S/C19H25Cl2NO/c20-16-12-7-13-17(21)18(16)19(23)22(14-8-3-1-4-9-14)15-10-5-2-6-11-15/h7,12-15H,1-6,8-11H2. The molecule has 0 saturated heterocycles. The van der Waals surface area contributed by atoms with Crippen molar-refractivity contribution in [2.75, 3.05) is 0 Å². The highest BCUT2D eigenvalue weighted by atomic mass is 35.5. The number of carbonyl (C=O) groups is 1. The molecule has 0 aliphatic heterocycles. The number of hydrogen-bond acceptors (Lipinski definition) is 1. The molecule has 0 N–H and O–H groups in total. The van der Waals surface area contributed by atoms with Gasteiger partial charge in [0.1, 0.15) is 0 Å². The Kier molecular flexibility index (Phi) is 5.87. The summed E-state index contributed by atoms with van der Waals surface area (Å²) in [5, 5.41) is 0.943. The maximum absolute atomic E-state index is 13.3. The molecule has 2 fully saturated rings. The van der Waals surface area contributed by atoms with Crippen molar-refractivity contribution in [2.45, 2.75) is 76.3 Å². The molecule has 0 atom stereocenters. The fourth-order valence-corrected chi connectivity index (χ4v) is 4.74. The van der Waals surface area contributed by atoms with Crippen molar-refractivity contribution in [1.82, 2.24) is 4.90 Å². The molecule has 2 aliphatic rings. The number of rotatable bonds is 3. The van der Waals surface area contributed by atoms with Gasteiger partial charge in [-0.2, -0.15) is 0 Å². The fourth-order valence-electron chi connectivity index (χ4n) is 4.18. The second kappa shape index (κ2) is 7.90. The van der Waals surface area contributed by atoms with Gasteiger partial charge in [-0.05, 0) is 37.8 Å². The van der Waals surface area contributed by atoms with E-state index >= 15 is 0 Å². The van der Waals surface area contributed by atoms with E-state index in [4.69, 9.17) is 23.2 Å². The van der Waals surface area contributed by atoms with Gasteiger partial charge in [0.05, 0.1) is 15.6 Å². The van der Waals surface area contributed by atoms with E-state index in [1.807, 2.05) is 0 Å². The van der Waals surface area contributed by atoms with Gasteiger partial charge in [0.2, 0.25) is 0 Å². The van der Waals surface area contributed by atoms with Crippen LogP contribution in [-0.4, -0.2) is 22.9 Å². The Bertz CT molecular complexity index is 510. The molecule has 2 saturated carbocycles. The zero-order chi connectivity index (χ0) is 16.2. The van der Waals surface area contributed by atoms with Crippen LogP contribution >= 0.6 is 23.2 Å². The Hall–Kier alpha value is -0.730. The van der Waals surface area contributed by atoms with Crippen LogP contribution in [0.4, 0.5) is 0 Å². The van der Waals surface area contributed by atoms with Crippen LogP contribution in [0, 0.1) is 0 Å². The third-order valence-electron chi connectivity index (χ3n) is 5.35. The van der Waals surface area contributed by atoms with E-state index in [2.05, 4.69) is 4.90 Å². The van der Waals surface area contributed by atoms with E-state index in [0.29, 0.717) is 27.7 Å². The van der Waals surface area contributed by atoms with Crippen molar-refractivity contribution < 1.29 is 4.79 Å². The van der Waals surface area contributed by atoms with E-state index in [1.54, 1.807) is 18.2 Å². The first-order valence-electron chi connectivity index (χ1n) is 8.95. The van der Waals surface area contributed by atoms with Crippen LogP contribution < -0.4 is 0 Å². The third-order valence-corrected chi connectivity index (χ3v) is 5.98. The first kappa shape index (κ1) is 17.1. The topological polar surface area (TPSA) is 20.3 Å². The minimum atomic E-state index is 0.0411. The molecule has 23 heavy (non-hydrogen) atoms. The average Bonchev–Trinajstić information content (AvgIpc) is 2.57. The van der Waals surface area contributed by atoms with E-state index < -0.39 is 0 Å². The Labute approximate surface area is 149 Å². The summed E-state index contributed by atoms with van der Waals surface area (Å²) in [6.45, 7) is 0. The average molecular weight is 354 g/mol. The zero-order valence-corrected chi connectivity index (χ0v) is 15.1. The minimum Gasteiger partial charge on any atom is -0.333 e. The van der Waals surface area contributed by atoms with Crippen LogP contribution in [-0.2, 0) is 0 Å². The number of amides is 1. The number of carbonyl (C=O) groups excluding carboxylic acids is 1. The van der Waals surface area contributed by atoms with Crippen molar-refractivity contribution in [3.05, 3.63) is 33.8 Å². The predicted octanol–water partition coefficient (Wildman–Crippen LogP) is 6.10. The smallest absolute Gasteiger partial charge is 0.257 e. The summed E-state index contributed by atoms with van der Waals surface area (Å²) in [6.07, 6.45) is 11.9. The molecule has 1 aromatic carbocycles.